The van der Waals surface area contributed by atoms with E-state index in [-0.39, 0.29) is 0 Å². The Labute approximate surface area is 295 Å². The molecule has 0 saturated heterocycles. The van der Waals surface area contributed by atoms with Crippen molar-refractivity contribution in [2.75, 3.05) is 4.90 Å². The topological polar surface area (TPSA) is 25.6 Å². The zero-order valence-electron chi connectivity index (χ0n) is 27.9. The molecule has 51 heavy (non-hydrogen) atoms. The predicted octanol–water partition coefficient (Wildman–Crippen LogP) is 13.0. The minimum Gasteiger partial charge on any atom is -0.456 e. The normalized spacial score (nSPS) is 15.4. The van der Waals surface area contributed by atoms with E-state index in [1.807, 2.05) is 6.07 Å². The Morgan fingerprint density at radius 1 is 0.490 bits per heavy atom. The van der Waals surface area contributed by atoms with Crippen molar-refractivity contribution in [2.24, 2.45) is 0 Å². The number of rotatable bonds is 3. The van der Waals surface area contributed by atoms with Gasteiger partial charge in [0.2, 0.25) is 0 Å². The lowest BCUT2D eigenvalue weighted by atomic mass is 9.65. The molecule has 240 valence electrons. The maximum absolute atomic E-state index is 6.90. The fraction of sp³-hybridized carbons (Fsp3) is 0.0417. The first-order valence-corrected chi connectivity index (χ1v) is 17.5. The molecule has 2 aliphatic rings. The maximum Gasteiger partial charge on any atom is 0.140 e. The van der Waals surface area contributed by atoms with Crippen LogP contribution in [0.1, 0.15) is 27.8 Å². The summed E-state index contributed by atoms with van der Waals surface area (Å²) in [4.78, 5) is 2.42. The van der Waals surface area contributed by atoms with Crippen molar-refractivity contribution < 1.29 is 9.15 Å². The predicted molar refractivity (Wildman–Crippen MR) is 208 cm³/mol. The number of nitrogens with zero attached hydrogens (tertiary/aromatic N) is 1. The first-order chi connectivity index (χ1) is 25.2. The van der Waals surface area contributed by atoms with E-state index in [0.717, 1.165) is 72.4 Å². The van der Waals surface area contributed by atoms with Crippen LogP contribution in [-0.4, -0.2) is 0 Å². The molecule has 1 aliphatic heterocycles. The van der Waals surface area contributed by atoms with Gasteiger partial charge in [-0.15, -0.1) is 0 Å². The van der Waals surface area contributed by atoms with Crippen LogP contribution in [0, 0.1) is 6.92 Å². The zero-order valence-corrected chi connectivity index (χ0v) is 27.9. The van der Waals surface area contributed by atoms with Crippen LogP contribution >= 0.6 is 0 Å². The third-order valence-electron chi connectivity index (χ3n) is 11.1. The van der Waals surface area contributed by atoms with Crippen molar-refractivity contribution in [3.63, 3.8) is 0 Å². The van der Waals surface area contributed by atoms with Crippen molar-refractivity contribution in [2.45, 2.75) is 12.3 Å². The lowest BCUT2D eigenvalue weighted by Gasteiger charge is -2.40. The van der Waals surface area contributed by atoms with E-state index in [2.05, 4.69) is 176 Å². The second-order valence-corrected chi connectivity index (χ2v) is 13.7. The third kappa shape index (κ3) is 3.78. The molecular formula is C48H31NO2. The molecule has 1 unspecified atom stereocenters. The maximum atomic E-state index is 6.90. The van der Waals surface area contributed by atoms with Gasteiger partial charge in [-0.25, -0.2) is 0 Å². The minimum atomic E-state index is -0.595. The summed E-state index contributed by atoms with van der Waals surface area (Å²) in [6.07, 6.45) is 0. The molecule has 0 saturated carbocycles. The van der Waals surface area contributed by atoms with E-state index in [1.165, 1.54) is 27.8 Å². The highest BCUT2D eigenvalue weighted by Crippen LogP contribution is 2.63. The summed E-state index contributed by atoms with van der Waals surface area (Å²) in [5.41, 5.74) is 13.0. The summed E-state index contributed by atoms with van der Waals surface area (Å²) in [7, 11) is 0. The number of fused-ring (bicyclic) bond motifs is 14. The highest BCUT2D eigenvalue weighted by molar-refractivity contribution is 6.13. The van der Waals surface area contributed by atoms with Crippen LogP contribution in [0.5, 0.6) is 11.5 Å². The average molecular weight is 654 g/mol. The number of aryl methyl sites for hydroxylation is 1. The van der Waals surface area contributed by atoms with Gasteiger partial charge in [-0.1, -0.05) is 127 Å². The molecule has 8 aromatic carbocycles. The molecule has 3 nitrogen and oxygen atoms in total. The highest BCUT2D eigenvalue weighted by atomic mass is 16.5. The van der Waals surface area contributed by atoms with Crippen LogP contribution in [0.4, 0.5) is 17.1 Å². The minimum absolute atomic E-state index is 0.595. The number of anilines is 3. The van der Waals surface area contributed by atoms with E-state index in [0.29, 0.717) is 0 Å². The summed E-state index contributed by atoms with van der Waals surface area (Å²) in [5.74, 6) is 1.81. The largest absolute Gasteiger partial charge is 0.456 e. The van der Waals surface area contributed by atoms with E-state index < -0.39 is 5.41 Å². The molecule has 1 aromatic heterocycles. The number of furan rings is 1. The average Bonchev–Trinajstić information content (AvgIpc) is 3.70. The van der Waals surface area contributed by atoms with Crippen molar-refractivity contribution >= 4 is 49.8 Å². The van der Waals surface area contributed by atoms with Crippen molar-refractivity contribution in [3.8, 4) is 22.6 Å². The van der Waals surface area contributed by atoms with Crippen LogP contribution in [0.2, 0.25) is 0 Å². The second kappa shape index (κ2) is 10.5. The Morgan fingerprint density at radius 3 is 2.12 bits per heavy atom. The van der Waals surface area contributed by atoms with Gasteiger partial charge in [0.05, 0.1) is 16.5 Å². The lowest BCUT2D eigenvalue weighted by Crippen LogP contribution is -2.32. The standard InChI is InChI=1S/C48H31NO2/c1-30-13-2-9-20-41(30)49(42-21-12-24-45-46(42)36-17-6-10-22-43(36)50-45)32-26-27-35-34-16-5-7-18-37(34)48(40(35)29-32)38-19-8-11-23-44(38)51-47-33-15-4-3-14-31(33)25-28-39(47)48/h2-29H,1H3. The van der Waals surface area contributed by atoms with Crippen molar-refractivity contribution in [3.05, 3.63) is 198 Å². The summed E-state index contributed by atoms with van der Waals surface area (Å²) in [6.45, 7) is 2.19. The molecule has 11 rings (SSSR count). The van der Waals surface area contributed by atoms with Gasteiger partial charge in [-0.05, 0) is 82.6 Å². The van der Waals surface area contributed by atoms with Crippen LogP contribution in [0.3, 0.4) is 0 Å². The zero-order chi connectivity index (χ0) is 33.7. The number of benzene rings is 8. The molecule has 1 spiro atoms. The van der Waals surface area contributed by atoms with Gasteiger partial charge in [-0.3, -0.25) is 0 Å². The number of hydrogen-bond acceptors (Lipinski definition) is 3. The fourth-order valence-electron chi connectivity index (χ4n) is 8.92. The van der Waals surface area contributed by atoms with Crippen LogP contribution in [0.25, 0.3) is 43.8 Å². The molecule has 1 atom stereocenters. The number of ether oxygens (including phenoxy) is 1. The van der Waals surface area contributed by atoms with Crippen molar-refractivity contribution in [1.82, 2.24) is 0 Å². The monoisotopic (exact) mass is 653 g/mol. The molecule has 0 fully saturated rings. The van der Waals surface area contributed by atoms with Gasteiger partial charge < -0.3 is 14.1 Å². The molecular weight excluding hydrogens is 623 g/mol. The van der Waals surface area contributed by atoms with Gasteiger partial charge in [0, 0.05) is 33.3 Å². The van der Waals surface area contributed by atoms with Gasteiger partial charge in [-0.2, -0.15) is 0 Å². The fourth-order valence-corrected chi connectivity index (χ4v) is 8.92. The van der Waals surface area contributed by atoms with E-state index >= 15 is 0 Å². The molecule has 2 heterocycles. The van der Waals surface area contributed by atoms with E-state index in [1.54, 1.807) is 0 Å². The van der Waals surface area contributed by atoms with Crippen LogP contribution < -0.4 is 9.64 Å². The van der Waals surface area contributed by atoms with E-state index in [9.17, 15) is 0 Å². The third-order valence-corrected chi connectivity index (χ3v) is 11.1. The van der Waals surface area contributed by atoms with Gasteiger partial charge >= 0.3 is 0 Å². The molecule has 0 amide bonds. The first kappa shape index (κ1) is 28.3. The smallest absolute Gasteiger partial charge is 0.140 e. The molecule has 9 aromatic rings. The summed E-state index contributed by atoms with van der Waals surface area (Å²) >= 11 is 0. The highest BCUT2D eigenvalue weighted by Gasteiger charge is 2.51. The van der Waals surface area contributed by atoms with Gasteiger partial charge in [0.1, 0.15) is 22.7 Å². The molecule has 0 radical (unpaired) electrons. The Morgan fingerprint density at radius 2 is 1.20 bits per heavy atom. The Bertz CT molecular complexity index is 2880. The molecule has 3 heteroatoms. The Balaban J connectivity index is 1.26. The summed E-state index contributed by atoms with van der Waals surface area (Å²) in [5, 5.41) is 4.48. The SMILES string of the molecule is Cc1ccccc1N(c1ccc2c(c1)C1(c3ccccc3Oc3c1ccc1ccccc31)c1ccccc1-2)c1cccc2oc3ccccc3c12. The molecule has 0 N–H and O–H groups in total. The van der Waals surface area contributed by atoms with Gasteiger partial charge in [0.15, 0.2) is 0 Å². The second-order valence-electron chi connectivity index (χ2n) is 13.7. The van der Waals surface area contributed by atoms with Crippen LogP contribution in [0.15, 0.2) is 174 Å². The molecule has 1 aliphatic carbocycles. The van der Waals surface area contributed by atoms with Gasteiger partial charge in [0.25, 0.3) is 0 Å². The van der Waals surface area contributed by atoms with E-state index in [4.69, 9.17) is 9.15 Å². The number of hydrogen-bond donors (Lipinski definition) is 0. The molecule has 0 bridgehead atoms. The first-order valence-electron chi connectivity index (χ1n) is 17.5. The lowest BCUT2D eigenvalue weighted by molar-refractivity contribution is 0.441. The van der Waals surface area contributed by atoms with Crippen molar-refractivity contribution in [1.29, 1.82) is 0 Å². The quantitative estimate of drug-likeness (QED) is 0.190. The summed E-state index contributed by atoms with van der Waals surface area (Å²) < 4.78 is 13.3. The Kier molecular flexibility index (Phi) is 5.80. The number of para-hydroxylation sites is 3. The Hall–Kier alpha value is -6.58. The van der Waals surface area contributed by atoms with Crippen LogP contribution in [-0.2, 0) is 5.41 Å². The summed E-state index contributed by atoms with van der Waals surface area (Å²) in [6, 6.07) is 61.1.